The van der Waals surface area contributed by atoms with Crippen molar-refractivity contribution in [2.45, 2.75) is 58.1 Å². The van der Waals surface area contributed by atoms with Crippen LogP contribution in [0.15, 0.2) is 35.5 Å². The number of benzene rings is 1. The zero-order valence-electron chi connectivity index (χ0n) is 21.8. The van der Waals surface area contributed by atoms with Crippen LogP contribution in [0.25, 0.3) is 10.9 Å². The summed E-state index contributed by atoms with van der Waals surface area (Å²) in [6.45, 7) is 4.66. The zero-order chi connectivity index (χ0) is 28.3. The summed E-state index contributed by atoms with van der Waals surface area (Å²) in [5.41, 5.74) is 13.5. The smallest absolute Gasteiger partial charge is 0.431 e. The lowest BCUT2D eigenvalue weighted by molar-refractivity contribution is -0.144. The summed E-state index contributed by atoms with van der Waals surface area (Å²) in [4.78, 5) is 61.2. The van der Waals surface area contributed by atoms with Gasteiger partial charge < -0.3 is 31.6 Å². The molecule has 2 rings (SSSR count). The number of rotatable bonds is 14. The Morgan fingerprint density at radius 1 is 1.16 bits per heavy atom. The van der Waals surface area contributed by atoms with Gasteiger partial charge in [-0.25, -0.2) is 4.79 Å². The molecule has 2 unspecified atom stereocenters. The van der Waals surface area contributed by atoms with Crippen LogP contribution in [-0.2, 0) is 30.4 Å². The average molecular weight is 533 g/mol. The maximum absolute atomic E-state index is 13.2. The van der Waals surface area contributed by atoms with E-state index in [4.69, 9.17) is 21.0 Å². The van der Waals surface area contributed by atoms with Crippen molar-refractivity contribution in [3.8, 4) is 0 Å². The van der Waals surface area contributed by atoms with Crippen LogP contribution in [0.3, 0.4) is 0 Å². The molecule has 1 aromatic heterocycles. The fraction of sp³-hybridized carbons (Fsp3) is 0.480. The first-order valence-corrected chi connectivity index (χ1v) is 12.1. The second-order valence-electron chi connectivity index (χ2n) is 9.73. The number of carboxylic acid groups (broad SMARTS) is 1. The van der Waals surface area contributed by atoms with Crippen molar-refractivity contribution in [1.82, 2.24) is 15.8 Å². The number of aliphatic imine (C=N–C) groups is 1. The van der Waals surface area contributed by atoms with E-state index in [1.165, 1.54) is 0 Å². The third-order valence-corrected chi connectivity index (χ3v) is 5.38. The van der Waals surface area contributed by atoms with Crippen LogP contribution in [0, 0.1) is 5.92 Å². The molecule has 0 aliphatic rings. The van der Waals surface area contributed by atoms with Gasteiger partial charge in [0.25, 0.3) is 0 Å². The third-order valence-electron chi connectivity index (χ3n) is 5.38. The second-order valence-corrected chi connectivity index (χ2v) is 9.73. The minimum absolute atomic E-state index is 0.0992. The first-order valence-electron chi connectivity index (χ1n) is 12.1. The number of aromatic nitrogens is 1. The Morgan fingerprint density at radius 3 is 2.53 bits per heavy atom. The van der Waals surface area contributed by atoms with Gasteiger partial charge >= 0.3 is 12.1 Å². The number of hydrogen-bond donors (Lipinski definition) is 6. The lowest BCUT2D eigenvalue weighted by Crippen LogP contribution is -2.45. The highest BCUT2D eigenvalue weighted by Gasteiger charge is 2.28. The van der Waals surface area contributed by atoms with E-state index in [-0.39, 0.29) is 31.8 Å². The van der Waals surface area contributed by atoms with E-state index < -0.39 is 47.9 Å². The van der Waals surface area contributed by atoms with Gasteiger partial charge in [0.1, 0.15) is 5.60 Å². The van der Waals surface area contributed by atoms with E-state index in [2.05, 4.69) is 15.3 Å². The maximum Gasteiger partial charge on any atom is 0.431 e. The molecule has 0 saturated carbocycles. The van der Waals surface area contributed by atoms with Crippen LogP contribution in [0.4, 0.5) is 4.79 Å². The lowest BCUT2D eigenvalue weighted by atomic mass is 9.91. The monoisotopic (exact) mass is 532 g/mol. The second kappa shape index (κ2) is 14.0. The molecule has 13 nitrogen and oxygen atoms in total. The maximum atomic E-state index is 13.2. The number of amides is 2. The number of H-pyrrole nitrogens is 1. The van der Waals surface area contributed by atoms with Crippen LogP contribution in [0.2, 0.25) is 0 Å². The summed E-state index contributed by atoms with van der Waals surface area (Å²) in [5.74, 6) is -3.36. The van der Waals surface area contributed by atoms with Crippen molar-refractivity contribution in [1.29, 1.82) is 0 Å². The molecule has 2 atom stereocenters. The summed E-state index contributed by atoms with van der Waals surface area (Å²) in [6.07, 6.45) is 1.22. The number of aliphatic carboxylic acids is 1. The summed E-state index contributed by atoms with van der Waals surface area (Å²) in [6, 6.07) is 6.43. The van der Waals surface area contributed by atoms with Crippen molar-refractivity contribution < 1.29 is 33.9 Å². The molecule has 1 heterocycles. The lowest BCUT2D eigenvalue weighted by Gasteiger charge is -2.21. The molecule has 13 heteroatoms. The minimum atomic E-state index is -1.13. The molecule has 0 radical (unpaired) electrons. The van der Waals surface area contributed by atoms with Crippen molar-refractivity contribution in [3.05, 3.63) is 36.0 Å². The molecule has 0 aliphatic heterocycles. The number of carboxylic acids is 1. The highest BCUT2D eigenvalue weighted by Crippen LogP contribution is 2.21. The Labute approximate surface area is 220 Å². The number of carbonyl (C=O) groups is 4. The van der Waals surface area contributed by atoms with Gasteiger partial charge in [0.05, 0.1) is 12.0 Å². The molecular weight excluding hydrogens is 496 g/mol. The van der Waals surface area contributed by atoms with E-state index in [9.17, 15) is 24.3 Å². The molecule has 0 saturated heterocycles. The fourth-order valence-electron chi connectivity index (χ4n) is 3.71. The number of carbonyl (C=O) groups excluding carboxylic acids is 3. The predicted octanol–water partition coefficient (Wildman–Crippen LogP) is 1.37. The van der Waals surface area contributed by atoms with Gasteiger partial charge in [0.2, 0.25) is 5.91 Å². The largest absolute Gasteiger partial charge is 0.481 e. The van der Waals surface area contributed by atoms with E-state index >= 15 is 0 Å². The highest BCUT2D eigenvalue weighted by atomic mass is 16.7. The molecule has 2 amide bonds. The van der Waals surface area contributed by atoms with E-state index in [1.54, 1.807) is 27.0 Å². The summed E-state index contributed by atoms with van der Waals surface area (Å²) >= 11 is 0. The number of Topliss-reactive ketones (excluding diaryl/α,β-unsaturated/α-hetero) is 1. The summed E-state index contributed by atoms with van der Waals surface area (Å²) < 4.78 is 5.03. The van der Waals surface area contributed by atoms with E-state index in [0.29, 0.717) is 6.42 Å². The van der Waals surface area contributed by atoms with Gasteiger partial charge in [-0.05, 0) is 45.2 Å². The van der Waals surface area contributed by atoms with Gasteiger partial charge in [-0.2, -0.15) is 5.48 Å². The van der Waals surface area contributed by atoms with Crippen molar-refractivity contribution >= 4 is 40.6 Å². The number of aromatic amines is 1. The van der Waals surface area contributed by atoms with Gasteiger partial charge in [-0.3, -0.25) is 24.2 Å². The third kappa shape index (κ3) is 10.5. The number of hydrogen-bond acceptors (Lipinski definition) is 7. The van der Waals surface area contributed by atoms with Crippen molar-refractivity contribution in [3.63, 3.8) is 0 Å². The topological polar surface area (TPSA) is 211 Å². The molecule has 2 aromatic rings. The Morgan fingerprint density at radius 2 is 1.87 bits per heavy atom. The normalized spacial score (nSPS) is 12.8. The van der Waals surface area contributed by atoms with Crippen LogP contribution >= 0.6 is 0 Å². The van der Waals surface area contributed by atoms with Crippen molar-refractivity contribution in [2.75, 3.05) is 13.2 Å². The quantitative estimate of drug-likeness (QED) is 0.0896. The molecule has 0 fully saturated rings. The number of nitrogens with zero attached hydrogens (tertiary/aromatic N) is 1. The SMILES string of the molecule is CC(C)(C)OC(=O)NOCC(=O)NC(Cc1c[nH]c2ccccc12)C(=O)CC(CCCN=C(N)N)C(=O)O. The Balaban J connectivity index is 2.09. The van der Waals surface area contributed by atoms with Gasteiger partial charge in [-0.1, -0.05) is 18.2 Å². The molecule has 0 spiro atoms. The van der Waals surface area contributed by atoms with Gasteiger partial charge in [0, 0.05) is 36.5 Å². The van der Waals surface area contributed by atoms with E-state index in [0.717, 1.165) is 16.5 Å². The number of fused-ring (bicyclic) bond motifs is 1. The minimum Gasteiger partial charge on any atom is -0.481 e. The Bertz CT molecular complexity index is 1150. The van der Waals surface area contributed by atoms with Gasteiger partial charge in [0.15, 0.2) is 18.3 Å². The number of ether oxygens (including phenoxy) is 1. The Hall–Kier alpha value is -4.13. The van der Waals surface area contributed by atoms with Crippen LogP contribution < -0.4 is 22.3 Å². The molecule has 8 N–H and O–H groups in total. The molecule has 38 heavy (non-hydrogen) atoms. The first kappa shape index (κ1) is 30.1. The number of para-hydroxylation sites is 1. The van der Waals surface area contributed by atoms with Crippen LogP contribution in [0.1, 0.15) is 45.6 Å². The molecule has 208 valence electrons. The highest BCUT2D eigenvalue weighted by molar-refractivity contribution is 5.93. The number of hydroxylamine groups is 1. The first-order chi connectivity index (χ1) is 17.9. The standard InChI is InChI=1S/C25H36N6O7/c1-25(2,3)38-24(36)31-37-14-21(33)30-19(11-16-13-29-18-9-5-4-8-17(16)18)20(32)12-15(22(34)35)7-6-10-28-23(26)27/h4-5,8-9,13,15,19,29H,6-7,10-12,14H2,1-3H3,(H,30,33)(H,31,36)(H,34,35)(H4,26,27,28). The fourth-order valence-corrected chi connectivity index (χ4v) is 3.71. The van der Waals surface area contributed by atoms with Crippen LogP contribution in [0.5, 0.6) is 0 Å². The Kier molecular flexibility index (Phi) is 11.1. The van der Waals surface area contributed by atoms with Crippen LogP contribution in [-0.4, -0.2) is 64.6 Å². The predicted molar refractivity (Wildman–Crippen MR) is 140 cm³/mol. The number of nitrogens with one attached hydrogen (secondary N) is 3. The number of nitrogens with two attached hydrogens (primary N) is 2. The van der Waals surface area contributed by atoms with Gasteiger partial charge in [-0.15, -0.1) is 0 Å². The number of ketones is 1. The molecule has 0 aliphatic carbocycles. The van der Waals surface area contributed by atoms with Crippen molar-refractivity contribution in [2.24, 2.45) is 22.4 Å². The molecular formula is C25H36N6O7. The summed E-state index contributed by atoms with van der Waals surface area (Å²) in [7, 11) is 0. The zero-order valence-corrected chi connectivity index (χ0v) is 21.8. The van der Waals surface area contributed by atoms with E-state index in [1.807, 2.05) is 29.7 Å². The molecule has 1 aromatic carbocycles. The number of guanidine groups is 1. The molecule has 0 bridgehead atoms. The average Bonchev–Trinajstić information content (AvgIpc) is 3.21. The summed E-state index contributed by atoms with van der Waals surface area (Å²) in [5, 5.41) is 13.1.